The largest absolute Gasteiger partial charge is 0.315 e. The Balaban J connectivity index is 2.41. The summed E-state index contributed by atoms with van der Waals surface area (Å²) < 4.78 is 4.15. The number of rotatable bonds is 2. The van der Waals surface area contributed by atoms with Crippen molar-refractivity contribution in [3.63, 3.8) is 0 Å². The van der Waals surface area contributed by atoms with Crippen LogP contribution in [0.25, 0.3) is 0 Å². The number of hydrogen-bond acceptors (Lipinski definition) is 2. The van der Waals surface area contributed by atoms with Crippen LogP contribution < -0.4 is 5.56 Å². The fourth-order valence-electron chi connectivity index (χ4n) is 1.43. The number of nitrogens with zero attached hydrogens (tertiary/aromatic N) is 3. The first-order valence-electron chi connectivity index (χ1n) is 4.64. The molecule has 0 radical (unpaired) electrons. The van der Waals surface area contributed by atoms with Crippen LogP contribution in [0, 0.1) is 0 Å². The first-order chi connectivity index (χ1) is 7.58. The van der Waals surface area contributed by atoms with Gasteiger partial charge in [0.25, 0.3) is 5.56 Å². The van der Waals surface area contributed by atoms with E-state index in [0.29, 0.717) is 5.02 Å². The number of imidazole rings is 1. The van der Waals surface area contributed by atoms with E-state index in [1.807, 2.05) is 17.7 Å². The maximum atomic E-state index is 11.7. The first kappa shape index (κ1) is 11.4. The van der Waals surface area contributed by atoms with Crippen LogP contribution in [0.2, 0.25) is 5.02 Å². The molecule has 0 aromatic carbocycles. The second-order valence-electron chi connectivity index (χ2n) is 3.37. The Morgan fingerprint density at radius 2 is 2.31 bits per heavy atom. The highest BCUT2D eigenvalue weighted by molar-refractivity contribution is 9.10. The molecule has 0 aliphatic rings. The van der Waals surface area contributed by atoms with Crippen LogP contribution in [0.4, 0.5) is 0 Å². The third-order valence-electron chi connectivity index (χ3n) is 2.31. The van der Waals surface area contributed by atoms with E-state index in [1.54, 1.807) is 23.2 Å². The van der Waals surface area contributed by atoms with Gasteiger partial charge in [0.2, 0.25) is 0 Å². The minimum absolute atomic E-state index is 0.134. The van der Waals surface area contributed by atoms with Crippen molar-refractivity contribution in [1.29, 1.82) is 0 Å². The zero-order valence-electron chi connectivity index (χ0n) is 8.47. The van der Waals surface area contributed by atoms with Gasteiger partial charge in [0, 0.05) is 23.5 Å². The smallest absolute Gasteiger partial charge is 0.253 e. The molecule has 0 fully saturated rings. The SMILES string of the molecule is CC(n1cnc(Br)c1)n1ccc(Cl)cc1=O. The van der Waals surface area contributed by atoms with Crippen LogP contribution in [0.15, 0.2) is 40.3 Å². The fourth-order valence-corrected chi connectivity index (χ4v) is 1.91. The summed E-state index contributed by atoms with van der Waals surface area (Å²) in [6.45, 7) is 1.91. The summed E-state index contributed by atoms with van der Waals surface area (Å²) in [7, 11) is 0. The molecule has 84 valence electrons. The van der Waals surface area contributed by atoms with E-state index in [-0.39, 0.29) is 11.7 Å². The first-order valence-corrected chi connectivity index (χ1v) is 5.81. The summed E-state index contributed by atoms with van der Waals surface area (Å²) in [5.74, 6) is 0. The molecule has 0 aliphatic heterocycles. The summed E-state index contributed by atoms with van der Waals surface area (Å²) >= 11 is 8.99. The van der Waals surface area contributed by atoms with Crippen LogP contribution in [-0.2, 0) is 0 Å². The van der Waals surface area contributed by atoms with Gasteiger partial charge in [-0.15, -0.1) is 0 Å². The zero-order chi connectivity index (χ0) is 11.7. The van der Waals surface area contributed by atoms with Gasteiger partial charge >= 0.3 is 0 Å². The molecule has 0 amide bonds. The molecular formula is C10H9BrClN3O. The Morgan fingerprint density at radius 3 is 2.88 bits per heavy atom. The second kappa shape index (κ2) is 4.43. The lowest BCUT2D eigenvalue weighted by Gasteiger charge is -2.15. The maximum Gasteiger partial charge on any atom is 0.253 e. The molecule has 2 aromatic heterocycles. The molecular weight excluding hydrogens is 293 g/mol. The van der Waals surface area contributed by atoms with Crippen molar-refractivity contribution in [2.75, 3.05) is 0 Å². The van der Waals surface area contributed by atoms with Crippen molar-refractivity contribution in [2.24, 2.45) is 0 Å². The number of pyridine rings is 1. The van der Waals surface area contributed by atoms with Gasteiger partial charge in [-0.2, -0.15) is 0 Å². The van der Waals surface area contributed by atoms with Crippen LogP contribution in [0.1, 0.15) is 13.1 Å². The van der Waals surface area contributed by atoms with Gasteiger partial charge in [0.15, 0.2) is 0 Å². The van der Waals surface area contributed by atoms with E-state index in [4.69, 9.17) is 11.6 Å². The highest BCUT2D eigenvalue weighted by Crippen LogP contribution is 2.12. The lowest BCUT2D eigenvalue weighted by molar-refractivity contribution is 0.455. The Bertz CT molecular complexity index is 563. The fraction of sp³-hybridized carbons (Fsp3) is 0.200. The number of halogens is 2. The molecule has 2 rings (SSSR count). The molecule has 2 heterocycles. The monoisotopic (exact) mass is 301 g/mol. The molecule has 6 heteroatoms. The lowest BCUT2D eigenvalue weighted by atomic mass is 10.4. The van der Waals surface area contributed by atoms with Crippen molar-refractivity contribution >= 4 is 27.5 Å². The molecule has 0 saturated carbocycles. The standard InChI is InChI=1S/C10H9BrClN3O/c1-7(14-5-9(11)13-6-14)15-3-2-8(12)4-10(15)16/h2-7H,1H3. The van der Waals surface area contributed by atoms with Crippen molar-refractivity contribution in [3.05, 3.63) is 50.8 Å². The van der Waals surface area contributed by atoms with Crippen LogP contribution >= 0.6 is 27.5 Å². The van der Waals surface area contributed by atoms with Gasteiger partial charge < -0.3 is 4.57 Å². The Hall–Kier alpha value is -1.07. The van der Waals surface area contributed by atoms with E-state index in [1.165, 1.54) is 6.07 Å². The van der Waals surface area contributed by atoms with E-state index in [9.17, 15) is 4.79 Å². The lowest BCUT2D eigenvalue weighted by Crippen LogP contribution is -2.25. The predicted octanol–water partition coefficient (Wildman–Crippen LogP) is 2.53. The predicted molar refractivity (Wildman–Crippen MR) is 65.7 cm³/mol. The van der Waals surface area contributed by atoms with Crippen molar-refractivity contribution in [1.82, 2.24) is 14.1 Å². The average Bonchev–Trinajstić information content (AvgIpc) is 2.64. The molecule has 0 bridgehead atoms. The third-order valence-corrected chi connectivity index (χ3v) is 2.96. The molecule has 0 saturated heterocycles. The molecule has 0 N–H and O–H groups in total. The summed E-state index contributed by atoms with van der Waals surface area (Å²) in [5.41, 5.74) is -0.134. The molecule has 0 spiro atoms. The van der Waals surface area contributed by atoms with Gasteiger partial charge in [0.05, 0.1) is 6.33 Å². The molecule has 1 atom stereocenters. The van der Waals surface area contributed by atoms with E-state index < -0.39 is 0 Å². The highest BCUT2D eigenvalue weighted by Gasteiger charge is 2.08. The average molecular weight is 303 g/mol. The Kier molecular flexibility index (Phi) is 3.16. The van der Waals surface area contributed by atoms with Crippen LogP contribution in [0.3, 0.4) is 0 Å². The zero-order valence-corrected chi connectivity index (χ0v) is 10.8. The van der Waals surface area contributed by atoms with Crippen molar-refractivity contribution < 1.29 is 0 Å². The highest BCUT2D eigenvalue weighted by atomic mass is 79.9. The van der Waals surface area contributed by atoms with Crippen LogP contribution in [0.5, 0.6) is 0 Å². The van der Waals surface area contributed by atoms with Gasteiger partial charge in [-0.25, -0.2) is 4.98 Å². The minimum Gasteiger partial charge on any atom is -0.315 e. The molecule has 1 unspecified atom stereocenters. The third kappa shape index (κ3) is 2.20. The van der Waals surface area contributed by atoms with Crippen molar-refractivity contribution in [3.8, 4) is 0 Å². The maximum absolute atomic E-state index is 11.7. The van der Waals surface area contributed by atoms with E-state index in [0.717, 1.165) is 4.60 Å². The second-order valence-corrected chi connectivity index (χ2v) is 4.61. The normalized spacial score (nSPS) is 12.7. The Labute approximate surface area is 106 Å². The number of hydrogen-bond donors (Lipinski definition) is 0. The summed E-state index contributed by atoms with van der Waals surface area (Å²) in [6, 6.07) is 3.08. The minimum atomic E-state index is -0.136. The van der Waals surface area contributed by atoms with Gasteiger partial charge in [-0.05, 0) is 28.9 Å². The molecule has 4 nitrogen and oxygen atoms in total. The van der Waals surface area contributed by atoms with Gasteiger partial charge in [-0.3, -0.25) is 9.36 Å². The summed E-state index contributed by atoms with van der Waals surface area (Å²) in [4.78, 5) is 15.7. The van der Waals surface area contributed by atoms with Crippen LogP contribution in [-0.4, -0.2) is 14.1 Å². The summed E-state index contributed by atoms with van der Waals surface area (Å²) in [6.07, 6.45) is 5.01. The van der Waals surface area contributed by atoms with E-state index in [2.05, 4.69) is 20.9 Å². The Morgan fingerprint density at radius 1 is 1.56 bits per heavy atom. The van der Waals surface area contributed by atoms with Crippen molar-refractivity contribution in [2.45, 2.75) is 13.1 Å². The molecule has 0 aliphatic carbocycles. The summed E-state index contributed by atoms with van der Waals surface area (Å²) in [5, 5.41) is 0.445. The molecule has 16 heavy (non-hydrogen) atoms. The van der Waals surface area contributed by atoms with E-state index >= 15 is 0 Å². The van der Waals surface area contributed by atoms with Gasteiger partial charge in [-0.1, -0.05) is 11.6 Å². The van der Waals surface area contributed by atoms with Gasteiger partial charge in [0.1, 0.15) is 10.8 Å². The molecule has 2 aromatic rings. The quantitative estimate of drug-likeness (QED) is 0.855. The topological polar surface area (TPSA) is 39.8 Å². The number of aromatic nitrogens is 3.